The van der Waals surface area contributed by atoms with E-state index < -0.39 is 20.9 Å². The summed E-state index contributed by atoms with van der Waals surface area (Å²) in [4.78, 5) is 24.6. The molecule has 0 bridgehead atoms. The first-order valence-electron chi connectivity index (χ1n) is 8.59. The fourth-order valence-corrected chi connectivity index (χ4v) is 4.84. The Labute approximate surface area is 172 Å². The Kier molecular flexibility index (Phi) is 5.85. The van der Waals surface area contributed by atoms with Crippen molar-refractivity contribution in [2.75, 3.05) is 6.54 Å². The van der Waals surface area contributed by atoms with Gasteiger partial charge < -0.3 is 0 Å². The van der Waals surface area contributed by atoms with Crippen LogP contribution >= 0.6 is 11.8 Å². The zero-order chi connectivity index (χ0) is 21.2. The number of likely N-dealkylation sites (N-methyl/N-ethyl adjacent to an activating group) is 1. The van der Waals surface area contributed by atoms with E-state index in [0.29, 0.717) is 5.56 Å². The average Bonchev–Trinajstić information content (AvgIpc) is 2.95. The Balaban J connectivity index is 1.97. The van der Waals surface area contributed by atoms with Crippen molar-refractivity contribution in [3.8, 4) is 0 Å². The molecule has 1 heterocycles. The van der Waals surface area contributed by atoms with E-state index in [9.17, 15) is 23.3 Å². The number of thioether (sulfide) groups is 1. The molecule has 1 aliphatic rings. The van der Waals surface area contributed by atoms with E-state index in [1.807, 2.05) is 6.92 Å². The number of nitro benzene ring substituents is 1. The van der Waals surface area contributed by atoms with Gasteiger partial charge in [0.25, 0.3) is 21.6 Å². The summed E-state index contributed by atoms with van der Waals surface area (Å²) in [5.41, 5.74) is 1.28. The van der Waals surface area contributed by atoms with Crippen molar-refractivity contribution >= 4 is 44.6 Å². The van der Waals surface area contributed by atoms with E-state index in [0.717, 1.165) is 17.3 Å². The molecule has 0 aromatic heterocycles. The van der Waals surface area contributed by atoms with Crippen molar-refractivity contribution < 1.29 is 18.1 Å². The van der Waals surface area contributed by atoms with Crippen LogP contribution in [0.5, 0.6) is 0 Å². The molecular weight excluding hydrogens is 414 g/mol. The fourth-order valence-electron chi connectivity index (χ4n) is 2.60. The number of amides is 1. The van der Waals surface area contributed by atoms with E-state index in [2.05, 4.69) is 4.40 Å². The lowest BCUT2D eigenvalue weighted by Crippen LogP contribution is -2.29. The van der Waals surface area contributed by atoms with Crippen LogP contribution < -0.4 is 0 Å². The molecule has 3 rings (SSSR count). The van der Waals surface area contributed by atoms with Crippen LogP contribution in [0.1, 0.15) is 18.1 Å². The number of aryl methyl sites for hydroxylation is 1. The molecule has 1 fully saturated rings. The molecule has 2 aromatic carbocycles. The molecular formula is C19H17N3O5S2. The zero-order valence-corrected chi connectivity index (χ0v) is 17.2. The first kappa shape index (κ1) is 20.7. The van der Waals surface area contributed by atoms with Gasteiger partial charge in [-0.1, -0.05) is 29.8 Å². The maximum absolute atomic E-state index is 12.7. The highest BCUT2D eigenvalue weighted by Gasteiger charge is 2.34. The Morgan fingerprint density at radius 3 is 2.52 bits per heavy atom. The summed E-state index contributed by atoms with van der Waals surface area (Å²) in [6, 6.07) is 12.1. The van der Waals surface area contributed by atoms with Crippen LogP contribution in [-0.4, -0.2) is 35.9 Å². The molecule has 0 N–H and O–H groups in total. The van der Waals surface area contributed by atoms with Crippen LogP contribution in [0.4, 0.5) is 5.69 Å². The van der Waals surface area contributed by atoms with Crippen molar-refractivity contribution in [2.24, 2.45) is 4.40 Å². The fraction of sp³-hybridized carbons (Fsp3) is 0.158. The highest BCUT2D eigenvalue weighted by molar-refractivity contribution is 8.19. The number of rotatable bonds is 5. The molecule has 8 nitrogen and oxygen atoms in total. The normalized spacial score (nSPS) is 17.3. The minimum Gasteiger partial charge on any atom is -0.286 e. The smallest absolute Gasteiger partial charge is 0.284 e. The van der Waals surface area contributed by atoms with Gasteiger partial charge in [-0.25, -0.2) is 0 Å². The van der Waals surface area contributed by atoms with E-state index in [-0.39, 0.29) is 27.2 Å². The molecule has 0 spiro atoms. The lowest BCUT2D eigenvalue weighted by molar-refractivity contribution is -0.384. The summed E-state index contributed by atoms with van der Waals surface area (Å²) in [5.74, 6) is -0.401. The predicted octanol–water partition coefficient (Wildman–Crippen LogP) is 3.58. The highest BCUT2D eigenvalue weighted by atomic mass is 32.2. The Morgan fingerprint density at radius 2 is 1.90 bits per heavy atom. The number of nitrogens with zero attached hydrogens (tertiary/aromatic N) is 3. The molecule has 29 heavy (non-hydrogen) atoms. The van der Waals surface area contributed by atoms with Gasteiger partial charge in [-0.2, -0.15) is 8.42 Å². The van der Waals surface area contributed by atoms with Crippen LogP contribution in [0.25, 0.3) is 6.08 Å². The lowest BCUT2D eigenvalue weighted by atomic mass is 10.2. The van der Waals surface area contributed by atoms with Gasteiger partial charge >= 0.3 is 0 Å². The monoisotopic (exact) mass is 431 g/mol. The standard InChI is InChI=1S/C19H17N3O5S2/c1-3-21-18(23)17(12-14-5-4-6-15(11-14)22(24)25)28-19(21)20-29(26,27)16-9-7-13(2)8-10-16/h4-12H,3H2,1-2H3/b17-12-,20-19?. The van der Waals surface area contributed by atoms with E-state index in [1.54, 1.807) is 25.1 Å². The molecule has 2 aromatic rings. The van der Waals surface area contributed by atoms with Gasteiger partial charge in [-0.05, 0) is 49.4 Å². The van der Waals surface area contributed by atoms with Gasteiger partial charge in [-0.3, -0.25) is 19.8 Å². The van der Waals surface area contributed by atoms with Gasteiger partial charge in [0.1, 0.15) is 0 Å². The van der Waals surface area contributed by atoms with Crippen molar-refractivity contribution in [3.05, 3.63) is 74.7 Å². The van der Waals surface area contributed by atoms with Gasteiger partial charge in [0, 0.05) is 18.7 Å². The van der Waals surface area contributed by atoms with Crippen molar-refractivity contribution in [1.29, 1.82) is 0 Å². The molecule has 1 aliphatic heterocycles. The first-order valence-corrected chi connectivity index (χ1v) is 10.8. The largest absolute Gasteiger partial charge is 0.286 e. The lowest BCUT2D eigenvalue weighted by Gasteiger charge is -2.11. The minimum atomic E-state index is -3.98. The van der Waals surface area contributed by atoms with Crippen LogP contribution in [0.3, 0.4) is 0 Å². The van der Waals surface area contributed by atoms with Crippen LogP contribution in [-0.2, 0) is 14.8 Å². The van der Waals surface area contributed by atoms with Gasteiger partial charge in [-0.15, -0.1) is 4.40 Å². The molecule has 150 valence electrons. The van der Waals surface area contributed by atoms with E-state index >= 15 is 0 Å². The first-order chi connectivity index (χ1) is 13.7. The Bertz CT molecular complexity index is 1140. The van der Waals surface area contributed by atoms with Gasteiger partial charge in [0.15, 0.2) is 5.17 Å². The number of amidine groups is 1. The Hall–Kier alpha value is -2.98. The number of carbonyl (C=O) groups excluding carboxylic acids is 1. The van der Waals surface area contributed by atoms with Crippen LogP contribution in [0.2, 0.25) is 0 Å². The molecule has 0 unspecified atom stereocenters. The SMILES string of the molecule is CCN1C(=O)/C(=C/c2cccc([N+](=O)[O-])c2)SC1=NS(=O)(=O)c1ccc(C)cc1. The number of non-ortho nitro benzene ring substituents is 1. The molecule has 1 amide bonds. The molecule has 0 radical (unpaired) electrons. The quantitative estimate of drug-likeness (QED) is 0.406. The summed E-state index contributed by atoms with van der Waals surface area (Å²) >= 11 is 0.924. The highest BCUT2D eigenvalue weighted by Crippen LogP contribution is 2.34. The number of hydrogen-bond acceptors (Lipinski definition) is 6. The second kappa shape index (κ2) is 8.18. The number of carbonyl (C=O) groups is 1. The molecule has 10 heteroatoms. The summed E-state index contributed by atoms with van der Waals surface area (Å²) in [7, 11) is -3.98. The van der Waals surface area contributed by atoms with Gasteiger partial charge in [0.2, 0.25) is 0 Å². The number of nitro groups is 1. The Morgan fingerprint density at radius 1 is 1.21 bits per heavy atom. The molecule has 1 saturated heterocycles. The maximum atomic E-state index is 12.7. The van der Waals surface area contributed by atoms with Crippen molar-refractivity contribution in [1.82, 2.24) is 4.90 Å². The van der Waals surface area contributed by atoms with Crippen LogP contribution in [0, 0.1) is 17.0 Å². The third-order valence-corrected chi connectivity index (χ3v) is 6.50. The predicted molar refractivity (Wildman–Crippen MR) is 112 cm³/mol. The summed E-state index contributed by atoms with van der Waals surface area (Å²) in [6.45, 7) is 3.79. The number of sulfonamides is 1. The molecule has 0 saturated carbocycles. The van der Waals surface area contributed by atoms with Crippen LogP contribution in [0.15, 0.2) is 62.7 Å². The summed E-state index contributed by atoms with van der Waals surface area (Å²) < 4.78 is 29.1. The summed E-state index contributed by atoms with van der Waals surface area (Å²) in [6.07, 6.45) is 1.49. The topological polar surface area (TPSA) is 110 Å². The van der Waals surface area contributed by atoms with E-state index in [1.165, 1.54) is 41.3 Å². The second-order valence-electron chi connectivity index (χ2n) is 6.17. The summed E-state index contributed by atoms with van der Waals surface area (Å²) in [5, 5.41) is 11.0. The van der Waals surface area contributed by atoms with Crippen molar-refractivity contribution in [3.63, 3.8) is 0 Å². The molecule has 0 atom stereocenters. The van der Waals surface area contributed by atoms with Gasteiger partial charge in [0.05, 0.1) is 14.7 Å². The average molecular weight is 431 g/mol. The minimum absolute atomic E-state index is 0.0378. The maximum Gasteiger partial charge on any atom is 0.284 e. The van der Waals surface area contributed by atoms with E-state index in [4.69, 9.17) is 0 Å². The van der Waals surface area contributed by atoms with Crippen molar-refractivity contribution in [2.45, 2.75) is 18.7 Å². The third-order valence-electron chi connectivity index (χ3n) is 4.10. The zero-order valence-electron chi connectivity index (χ0n) is 15.6. The third kappa shape index (κ3) is 4.54. The number of benzene rings is 2. The second-order valence-corrected chi connectivity index (χ2v) is 8.79. The molecule has 0 aliphatic carbocycles. The number of hydrogen-bond donors (Lipinski definition) is 0.